The van der Waals surface area contributed by atoms with E-state index in [0.717, 1.165) is 5.56 Å². The minimum absolute atomic E-state index is 0.143. The fraction of sp³-hybridized carbons (Fsp3) is 0.250. The van der Waals surface area contributed by atoms with E-state index in [0.29, 0.717) is 23.9 Å². The van der Waals surface area contributed by atoms with Gasteiger partial charge in [-0.2, -0.15) is 0 Å². The minimum atomic E-state index is -0.509. The SMILES string of the molecule is C=CCNCc1cc(Cl)ccc1OCC(N)=O. The molecule has 4 nitrogen and oxygen atoms in total. The first kappa shape index (κ1) is 13.5. The van der Waals surface area contributed by atoms with Crippen molar-refractivity contribution in [2.75, 3.05) is 13.2 Å². The largest absolute Gasteiger partial charge is 0.483 e. The summed E-state index contributed by atoms with van der Waals surface area (Å²) in [6.07, 6.45) is 1.76. The van der Waals surface area contributed by atoms with Crippen molar-refractivity contribution in [3.05, 3.63) is 41.4 Å². The molecule has 0 heterocycles. The Morgan fingerprint density at radius 1 is 1.59 bits per heavy atom. The van der Waals surface area contributed by atoms with Gasteiger partial charge in [0, 0.05) is 23.7 Å². The number of halogens is 1. The number of rotatable bonds is 7. The van der Waals surface area contributed by atoms with Gasteiger partial charge in [0.2, 0.25) is 0 Å². The maximum absolute atomic E-state index is 10.7. The molecule has 0 aliphatic heterocycles. The van der Waals surface area contributed by atoms with Crippen LogP contribution < -0.4 is 15.8 Å². The molecule has 0 spiro atoms. The summed E-state index contributed by atoms with van der Waals surface area (Å²) in [5, 5.41) is 3.75. The van der Waals surface area contributed by atoms with E-state index in [1.165, 1.54) is 0 Å². The van der Waals surface area contributed by atoms with Gasteiger partial charge in [-0.05, 0) is 18.2 Å². The van der Waals surface area contributed by atoms with E-state index >= 15 is 0 Å². The van der Waals surface area contributed by atoms with Gasteiger partial charge in [0.25, 0.3) is 5.91 Å². The van der Waals surface area contributed by atoms with Gasteiger partial charge in [-0.15, -0.1) is 6.58 Å². The van der Waals surface area contributed by atoms with Crippen LogP contribution in [0.1, 0.15) is 5.56 Å². The average molecular weight is 255 g/mol. The van der Waals surface area contributed by atoms with Crippen LogP contribution in [0.3, 0.4) is 0 Å². The van der Waals surface area contributed by atoms with Gasteiger partial charge in [-0.1, -0.05) is 17.7 Å². The van der Waals surface area contributed by atoms with E-state index in [4.69, 9.17) is 22.1 Å². The van der Waals surface area contributed by atoms with Crippen molar-refractivity contribution < 1.29 is 9.53 Å². The first-order valence-electron chi connectivity index (χ1n) is 5.14. The van der Waals surface area contributed by atoms with E-state index < -0.39 is 5.91 Å². The second-order valence-electron chi connectivity index (χ2n) is 3.43. The molecule has 1 aromatic rings. The molecule has 3 N–H and O–H groups in total. The van der Waals surface area contributed by atoms with E-state index in [1.807, 2.05) is 0 Å². The molecule has 5 heteroatoms. The standard InChI is InChI=1S/C12H15ClN2O2/c1-2-5-15-7-9-6-10(13)3-4-11(9)17-8-12(14)16/h2-4,6,15H,1,5,7-8H2,(H2,14,16). The van der Waals surface area contributed by atoms with Gasteiger partial charge >= 0.3 is 0 Å². The van der Waals surface area contributed by atoms with E-state index in [1.54, 1.807) is 24.3 Å². The summed E-state index contributed by atoms with van der Waals surface area (Å²) in [5.41, 5.74) is 5.90. The minimum Gasteiger partial charge on any atom is -0.483 e. The van der Waals surface area contributed by atoms with Gasteiger partial charge in [-0.25, -0.2) is 0 Å². The number of nitrogens with one attached hydrogen (secondary N) is 1. The Hall–Kier alpha value is -1.52. The lowest BCUT2D eigenvalue weighted by atomic mass is 10.2. The Labute approximate surface area is 105 Å². The van der Waals surface area contributed by atoms with Crippen LogP contribution >= 0.6 is 11.6 Å². The number of benzene rings is 1. The van der Waals surface area contributed by atoms with Crippen LogP contribution in [0.2, 0.25) is 5.02 Å². The average Bonchev–Trinajstić information content (AvgIpc) is 2.28. The molecule has 0 atom stereocenters. The summed E-state index contributed by atoms with van der Waals surface area (Å²) in [4.78, 5) is 10.7. The van der Waals surface area contributed by atoms with Crippen LogP contribution in [0.5, 0.6) is 5.75 Å². The molecule has 0 aliphatic rings. The highest BCUT2D eigenvalue weighted by Gasteiger charge is 2.05. The van der Waals surface area contributed by atoms with Gasteiger partial charge in [0.15, 0.2) is 6.61 Å². The normalized spacial score (nSPS) is 9.94. The third-order valence-corrected chi connectivity index (χ3v) is 2.23. The van der Waals surface area contributed by atoms with Crippen molar-refractivity contribution in [2.24, 2.45) is 5.73 Å². The Kier molecular flexibility index (Phi) is 5.52. The van der Waals surface area contributed by atoms with Gasteiger partial charge in [0.05, 0.1) is 0 Å². The lowest BCUT2D eigenvalue weighted by molar-refractivity contribution is -0.119. The molecule has 92 valence electrons. The number of hydrogen-bond donors (Lipinski definition) is 2. The van der Waals surface area contributed by atoms with E-state index in [2.05, 4.69) is 11.9 Å². The fourth-order valence-corrected chi connectivity index (χ4v) is 1.48. The topological polar surface area (TPSA) is 64.3 Å². The van der Waals surface area contributed by atoms with Crippen molar-refractivity contribution in [1.29, 1.82) is 0 Å². The second kappa shape index (κ2) is 6.93. The summed E-state index contributed by atoms with van der Waals surface area (Å²) in [7, 11) is 0. The molecule has 0 unspecified atom stereocenters. The van der Waals surface area contributed by atoms with Crippen LogP contribution in [0.4, 0.5) is 0 Å². The van der Waals surface area contributed by atoms with Crippen molar-refractivity contribution >= 4 is 17.5 Å². The zero-order chi connectivity index (χ0) is 12.7. The van der Waals surface area contributed by atoms with Gasteiger partial charge in [0.1, 0.15) is 5.75 Å². The lowest BCUT2D eigenvalue weighted by Crippen LogP contribution is -2.21. The predicted octanol–water partition coefficient (Wildman–Crippen LogP) is 1.48. The summed E-state index contributed by atoms with van der Waals surface area (Å²) < 4.78 is 5.29. The van der Waals surface area contributed by atoms with E-state index in [-0.39, 0.29) is 6.61 Å². The molecule has 1 amide bonds. The molecular weight excluding hydrogens is 240 g/mol. The van der Waals surface area contributed by atoms with E-state index in [9.17, 15) is 4.79 Å². The number of hydrogen-bond acceptors (Lipinski definition) is 3. The van der Waals surface area contributed by atoms with Crippen LogP contribution in [-0.2, 0) is 11.3 Å². The predicted molar refractivity (Wildman–Crippen MR) is 68.0 cm³/mol. The van der Waals surface area contributed by atoms with Crippen LogP contribution in [-0.4, -0.2) is 19.1 Å². The zero-order valence-electron chi connectivity index (χ0n) is 9.41. The second-order valence-corrected chi connectivity index (χ2v) is 3.86. The van der Waals surface area contributed by atoms with Crippen LogP contribution in [0.15, 0.2) is 30.9 Å². The molecule has 0 saturated heterocycles. The lowest BCUT2D eigenvalue weighted by Gasteiger charge is -2.11. The summed E-state index contributed by atoms with van der Waals surface area (Å²) in [6.45, 7) is 4.73. The van der Waals surface area contributed by atoms with Crippen LogP contribution in [0, 0.1) is 0 Å². The quantitative estimate of drug-likeness (QED) is 0.572. The summed E-state index contributed by atoms with van der Waals surface area (Å²) in [5.74, 6) is 0.0923. The molecule has 0 saturated carbocycles. The Bertz CT molecular complexity index is 407. The Morgan fingerprint density at radius 2 is 2.35 bits per heavy atom. The van der Waals surface area contributed by atoms with Gasteiger partial charge < -0.3 is 15.8 Å². The monoisotopic (exact) mass is 254 g/mol. The third-order valence-electron chi connectivity index (χ3n) is 2.00. The molecule has 0 fully saturated rings. The molecule has 0 aliphatic carbocycles. The highest BCUT2D eigenvalue weighted by Crippen LogP contribution is 2.22. The van der Waals surface area contributed by atoms with Crippen molar-refractivity contribution in [3.63, 3.8) is 0 Å². The third kappa shape index (κ3) is 4.89. The number of carbonyl (C=O) groups excluding carboxylic acids is 1. The molecule has 1 rings (SSSR count). The summed E-state index contributed by atoms with van der Waals surface area (Å²) in [6, 6.07) is 5.21. The highest BCUT2D eigenvalue weighted by molar-refractivity contribution is 6.30. The maximum Gasteiger partial charge on any atom is 0.255 e. The molecule has 0 aromatic heterocycles. The molecule has 0 radical (unpaired) electrons. The maximum atomic E-state index is 10.7. The molecular formula is C12H15ClN2O2. The molecule has 17 heavy (non-hydrogen) atoms. The molecule has 1 aromatic carbocycles. The number of amides is 1. The zero-order valence-corrected chi connectivity index (χ0v) is 10.2. The highest BCUT2D eigenvalue weighted by atomic mass is 35.5. The summed E-state index contributed by atoms with van der Waals surface area (Å²) >= 11 is 5.90. The van der Waals surface area contributed by atoms with Crippen molar-refractivity contribution in [1.82, 2.24) is 5.32 Å². The number of nitrogens with two attached hydrogens (primary N) is 1. The Balaban J connectivity index is 2.72. The Morgan fingerprint density at radius 3 is 3.00 bits per heavy atom. The van der Waals surface area contributed by atoms with Crippen molar-refractivity contribution in [3.8, 4) is 5.75 Å². The van der Waals surface area contributed by atoms with Gasteiger partial charge in [-0.3, -0.25) is 4.79 Å². The van der Waals surface area contributed by atoms with Crippen molar-refractivity contribution in [2.45, 2.75) is 6.54 Å². The van der Waals surface area contributed by atoms with Crippen LogP contribution in [0.25, 0.3) is 0 Å². The number of ether oxygens (including phenoxy) is 1. The number of primary amides is 1. The first-order valence-corrected chi connectivity index (χ1v) is 5.52. The molecule has 0 bridgehead atoms. The number of carbonyl (C=O) groups is 1. The first-order chi connectivity index (χ1) is 8.13. The smallest absolute Gasteiger partial charge is 0.255 e. The fourth-order valence-electron chi connectivity index (χ4n) is 1.28.